The van der Waals surface area contributed by atoms with Crippen LogP contribution in [0.5, 0.6) is 5.75 Å². The first-order valence-corrected chi connectivity index (χ1v) is 7.96. The zero-order valence-electron chi connectivity index (χ0n) is 12.0. The second-order valence-electron chi connectivity index (χ2n) is 6.14. The Morgan fingerprint density at radius 3 is 2.37 bits per heavy atom. The fourth-order valence-corrected chi connectivity index (χ4v) is 3.53. The molecular weight excluding hydrogens is 302 g/mol. The number of nitrogens with two attached hydrogens (primary N) is 1. The van der Waals surface area contributed by atoms with E-state index < -0.39 is 0 Å². The molecule has 0 amide bonds. The summed E-state index contributed by atoms with van der Waals surface area (Å²) in [5.41, 5.74) is 7.02. The Morgan fingerprint density at radius 2 is 1.84 bits per heavy atom. The van der Waals surface area contributed by atoms with Crippen molar-refractivity contribution >= 4 is 15.9 Å². The van der Waals surface area contributed by atoms with E-state index in [-0.39, 0.29) is 6.04 Å². The molecule has 1 aliphatic carbocycles. The minimum Gasteiger partial charge on any atom is -0.489 e. The lowest BCUT2D eigenvalue weighted by molar-refractivity contribution is 0.100. The van der Waals surface area contributed by atoms with Crippen LogP contribution in [-0.2, 0) is 0 Å². The summed E-state index contributed by atoms with van der Waals surface area (Å²) >= 11 is 3.59. The number of hydrogen-bond donors (Lipinski definition) is 1. The Morgan fingerprint density at radius 1 is 1.21 bits per heavy atom. The summed E-state index contributed by atoms with van der Waals surface area (Å²) < 4.78 is 7.18. The number of ether oxygens (including phenoxy) is 1. The van der Waals surface area contributed by atoms with Crippen molar-refractivity contribution in [2.24, 2.45) is 17.6 Å². The van der Waals surface area contributed by atoms with Crippen molar-refractivity contribution in [3.8, 4) is 5.75 Å². The molecule has 1 fully saturated rings. The molecule has 3 unspecified atom stereocenters. The van der Waals surface area contributed by atoms with Gasteiger partial charge in [0.25, 0.3) is 0 Å². The van der Waals surface area contributed by atoms with Gasteiger partial charge in [-0.25, -0.2) is 0 Å². The SMILES string of the molecule is CC1CC(C)CC(Oc2ccc(C(C)N)cc2Br)C1. The normalized spacial score (nSPS) is 29.0. The molecule has 1 aromatic carbocycles. The summed E-state index contributed by atoms with van der Waals surface area (Å²) in [6, 6.07) is 6.21. The Kier molecular flexibility index (Phi) is 4.91. The predicted octanol–water partition coefficient (Wildman–Crippen LogP) is 4.67. The second kappa shape index (κ2) is 6.27. The molecule has 1 aromatic rings. The van der Waals surface area contributed by atoms with Gasteiger partial charge in [-0.3, -0.25) is 0 Å². The van der Waals surface area contributed by atoms with Gasteiger partial charge in [0.2, 0.25) is 0 Å². The van der Waals surface area contributed by atoms with Crippen LogP contribution < -0.4 is 10.5 Å². The van der Waals surface area contributed by atoms with E-state index in [0.717, 1.165) is 40.5 Å². The van der Waals surface area contributed by atoms with Crippen molar-refractivity contribution in [3.05, 3.63) is 28.2 Å². The molecule has 3 atom stereocenters. The van der Waals surface area contributed by atoms with E-state index in [1.54, 1.807) is 0 Å². The van der Waals surface area contributed by atoms with E-state index in [1.165, 1.54) is 6.42 Å². The van der Waals surface area contributed by atoms with Crippen LogP contribution in [0.1, 0.15) is 51.6 Å². The molecule has 0 saturated heterocycles. The third-order valence-electron chi connectivity index (χ3n) is 3.91. The van der Waals surface area contributed by atoms with Crippen LogP contribution in [-0.4, -0.2) is 6.10 Å². The summed E-state index contributed by atoms with van der Waals surface area (Å²) in [5, 5.41) is 0. The first-order valence-electron chi connectivity index (χ1n) is 7.17. The first-order chi connectivity index (χ1) is 8.95. The minimum atomic E-state index is 0.0556. The Balaban J connectivity index is 2.06. The van der Waals surface area contributed by atoms with Crippen molar-refractivity contribution in [2.75, 3.05) is 0 Å². The maximum atomic E-state index is 6.17. The lowest BCUT2D eigenvalue weighted by atomic mass is 9.82. The number of benzene rings is 1. The maximum Gasteiger partial charge on any atom is 0.133 e. The lowest BCUT2D eigenvalue weighted by Crippen LogP contribution is -2.28. The molecule has 3 heteroatoms. The van der Waals surface area contributed by atoms with Crippen molar-refractivity contribution in [3.63, 3.8) is 0 Å². The molecule has 2 nitrogen and oxygen atoms in total. The topological polar surface area (TPSA) is 35.2 Å². The number of hydrogen-bond acceptors (Lipinski definition) is 2. The molecule has 1 aliphatic rings. The van der Waals surface area contributed by atoms with Gasteiger partial charge >= 0.3 is 0 Å². The van der Waals surface area contributed by atoms with Gasteiger partial charge in [-0.1, -0.05) is 19.9 Å². The zero-order valence-corrected chi connectivity index (χ0v) is 13.6. The van der Waals surface area contributed by atoms with Crippen molar-refractivity contribution < 1.29 is 4.74 Å². The van der Waals surface area contributed by atoms with Crippen LogP contribution in [0.2, 0.25) is 0 Å². The summed E-state index contributed by atoms with van der Waals surface area (Å²) in [4.78, 5) is 0. The fourth-order valence-electron chi connectivity index (χ4n) is 3.04. The van der Waals surface area contributed by atoms with Crippen molar-refractivity contribution in [2.45, 2.75) is 52.2 Å². The molecule has 0 spiro atoms. The third kappa shape index (κ3) is 3.96. The molecule has 0 bridgehead atoms. The zero-order chi connectivity index (χ0) is 14.0. The van der Waals surface area contributed by atoms with Crippen LogP contribution in [0.15, 0.2) is 22.7 Å². The van der Waals surface area contributed by atoms with Crippen LogP contribution in [0.3, 0.4) is 0 Å². The molecule has 2 rings (SSSR count). The van der Waals surface area contributed by atoms with Crippen LogP contribution in [0.4, 0.5) is 0 Å². The molecule has 0 radical (unpaired) electrons. The standard InChI is InChI=1S/C16H24BrNO/c1-10-6-11(2)8-14(7-10)19-16-5-4-13(12(3)18)9-15(16)17/h4-5,9-12,14H,6-8,18H2,1-3H3. The largest absolute Gasteiger partial charge is 0.489 e. The van der Waals surface area contributed by atoms with Gasteiger partial charge in [-0.2, -0.15) is 0 Å². The molecule has 2 N–H and O–H groups in total. The fraction of sp³-hybridized carbons (Fsp3) is 0.625. The third-order valence-corrected chi connectivity index (χ3v) is 4.53. The van der Waals surface area contributed by atoms with Crippen molar-refractivity contribution in [1.82, 2.24) is 0 Å². The lowest BCUT2D eigenvalue weighted by Gasteiger charge is -2.32. The highest BCUT2D eigenvalue weighted by Gasteiger charge is 2.25. The smallest absolute Gasteiger partial charge is 0.133 e. The molecule has 1 saturated carbocycles. The average molecular weight is 326 g/mol. The van der Waals surface area contributed by atoms with E-state index in [1.807, 2.05) is 13.0 Å². The average Bonchev–Trinajstić information content (AvgIpc) is 2.30. The molecule has 0 aliphatic heterocycles. The summed E-state index contributed by atoms with van der Waals surface area (Å²) in [6.45, 7) is 6.63. The Labute approximate surface area is 124 Å². The molecular formula is C16H24BrNO. The van der Waals surface area contributed by atoms with E-state index in [4.69, 9.17) is 10.5 Å². The molecule has 0 heterocycles. The van der Waals surface area contributed by atoms with E-state index >= 15 is 0 Å². The molecule has 106 valence electrons. The monoisotopic (exact) mass is 325 g/mol. The summed E-state index contributed by atoms with van der Waals surface area (Å²) in [7, 11) is 0. The van der Waals surface area contributed by atoms with Crippen molar-refractivity contribution in [1.29, 1.82) is 0 Å². The quantitative estimate of drug-likeness (QED) is 0.876. The van der Waals surface area contributed by atoms with E-state index in [0.29, 0.717) is 6.10 Å². The predicted molar refractivity (Wildman–Crippen MR) is 83.3 cm³/mol. The molecule has 0 aromatic heterocycles. The van der Waals surface area contributed by atoms with Gasteiger partial charge in [-0.05, 0) is 71.6 Å². The highest BCUT2D eigenvalue weighted by Crippen LogP contribution is 2.34. The van der Waals surface area contributed by atoms with Crippen LogP contribution in [0.25, 0.3) is 0 Å². The van der Waals surface area contributed by atoms with Gasteiger partial charge in [0, 0.05) is 6.04 Å². The van der Waals surface area contributed by atoms with Crippen LogP contribution >= 0.6 is 15.9 Å². The summed E-state index contributed by atoms with van der Waals surface area (Å²) in [6.07, 6.45) is 3.98. The van der Waals surface area contributed by atoms with Gasteiger partial charge in [0.1, 0.15) is 5.75 Å². The highest BCUT2D eigenvalue weighted by molar-refractivity contribution is 9.10. The number of halogens is 1. The van der Waals surface area contributed by atoms with Gasteiger partial charge in [0.15, 0.2) is 0 Å². The Hall–Kier alpha value is -0.540. The second-order valence-corrected chi connectivity index (χ2v) is 6.99. The highest BCUT2D eigenvalue weighted by atomic mass is 79.9. The van der Waals surface area contributed by atoms with E-state index in [2.05, 4.69) is 41.9 Å². The van der Waals surface area contributed by atoms with Gasteiger partial charge < -0.3 is 10.5 Å². The van der Waals surface area contributed by atoms with E-state index in [9.17, 15) is 0 Å². The minimum absolute atomic E-state index is 0.0556. The van der Waals surface area contributed by atoms with Gasteiger partial charge in [0.05, 0.1) is 10.6 Å². The number of rotatable bonds is 3. The van der Waals surface area contributed by atoms with Gasteiger partial charge in [-0.15, -0.1) is 0 Å². The maximum absolute atomic E-state index is 6.17. The van der Waals surface area contributed by atoms with Crippen LogP contribution in [0, 0.1) is 11.8 Å². The molecule has 19 heavy (non-hydrogen) atoms. The summed E-state index contributed by atoms with van der Waals surface area (Å²) in [5.74, 6) is 2.46. The Bertz CT molecular complexity index is 423. The first kappa shape index (κ1) is 14.9.